The molecule has 0 aliphatic rings. The maximum absolute atomic E-state index is 9.72. The maximum atomic E-state index is 9.72. The molecule has 2 heteroatoms. The molecule has 0 atom stereocenters. The third kappa shape index (κ3) is 2.74. The largest absolute Gasteiger partial charge is 0.507 e. The van der Waals surface area contributed by atoms with Crippen molar-refractivity contribution in [2.24, 2.45) is 5.73 Å². The van der Waals surface area contributed by atoms with Crippen molar-refractivity contribution in [3.05, 3.63) is 65.7 Å². The molecule has 0 aromatic heterocycles. The van der Waals surface area contributed by atoms with Crippen molar-refractivity contribution in [3.8, 4) is 5.75 Å². The SMILES string of the molecule is NCC(=Cc1ccccc1O)c1ccccc1. The summed E-state index contributed by atoms with van der Waals surface area (Å²) >= 11 is 0. The van der Waals surface area contributed by atoms with Gasteiger partial charge in [0, 0.05) is 12.1 Å². The van der Waals surface area contributed by atoms with E-state index < -0.39 is 0 Å². The Labute approximate surface area is 101 Å². The minimum atomic E-state index is 0.273. The molecule has 2 aromatic rings. The average Bonchev–Trinajstić information content (AvgIpc) is 2.39. The standard InChI is InChI=1S/C15H15NO/c16-11-14(12-6-2-1-3-7-12)10-13-8-4-5-9-15(13)17/h1-10,17H,11,16H2. The Morgan fingerprint density at radius 3 is 2.29 bits per heavy atom. The van der Waals surface area contributed by atoms with E-state index in [-0.39, 0.29) is 5.75 Å². The lowest BCUT2D eigenvalue weighted by Gasteiger charge is -2.06. The van der Waals surface area contributed by atoms with Gasteiger partial charge >= 0.3 is 0 Å². The molecule has 0 unspecified atom stereocenters. The summed E-state index contributed by atoms with van der Waals surface area (Å²) < 4.78 is 0. The summed E-state index contributed by atoms with van der Waals surface area (Å²) in [5, 5.41) is 9.72. The molecular formula is C15H15NO. The fraction of sp³-hybridized carbons (Fsp3) is 0.0667. The van der Waals surface area contributed by atoms with Crippen LogP contribution in [0.15, 0.2) is 54.6 Å². The predicted molar refractivity (Wildman–Crippen MR) is 71.5 cm³/mol. The number of hydrogen-bond donors (Lipinski definition) is 2. The first kappa shape index (κ1) is 11.4. The van der Waals surface area contributed by atoms with Crippen LogP contribution in [0.3, 0.4) is 0 Å². The number of hydrogen-bond acceptors (Lipinski definition) is 2. The van der Waals surface area contributed by atoms with Crippen molar-refractivity contribution in [3.63, 3.8) is 0 Å². The van der Waals surface area contributed by atoms with Gasteiger partial charge in [0.05, 0.1) is 0 Å². The Bertz CT molecular complexity index is 517. The van der Waals surface area contributed by atoms with E-state index in [1.807, 2.05) is 48.5 Å². The minimum absolute atomic E-state index is 0.273. The Hall–Kier alpha value is -2.06. The van der Waals surface area contributed by atoms with Gasteiger partial charge in [-0.1, -0.05) is 48.5 Å². The molecule has 17 heavy (non-hydrogen) atoms. The van der Waals surface area contributed by atoms with Gasteiger partial charge in [0.2, 0.25) is 0 Å². The van der Waals surface area contributed by atoms with E-state index in [1.54, 1.807) is 12.1 Å². The smallest absolute Gasteiger partial charge is 0.122 e. The summed E-state index contributed by atoms with van der Waals surface area (Å²) in [6.45, 7) is 0.443. The van der Waals surface area contributed by atoms with Crippen molar-refractivity contribution in [1.82, 2.24) is 0 Å². The number of aromatic hydroxyl groups is 1. The molecule has 0 bridgehead atoms. The maximum Gasteiger partial charge on any atom is 0.122 e. The molecule has 0 heterocycles. The molecular weight excluding hydrogens is 210 g/mol. The van der Waals surface area contributed by atoms with E-state index in [4.69, 9.17) is 5.73 Å². The second-order valence-electron chi connectivity index (χ2n) is 3.80. The third-order valence-electron chi connectivity index (χ3n) is 2.63. The van der Waals surface area contributed by atoms with Crippen LogP contribution >= 0.6 is 0 Å². The van der Waals surface area contributed by atoms with Crippen LogP contribution in [-0.2, 0) is 0 Å². The van der Waals surface area contributed by atoms with E-state index in [2.05, 4.69) is 0 Å². The lowest BCUT2D eigenvalue weighted by Crippen LogP contribution is -2.02. The predicted octanol–water partition coefficient (Wildman–Crippen LogP) is 2.89. The van der Waals surface area contributed by atoms with Crippen molar-refractivity contribution < 1.29 is 5.11 Å². The summed E-state index contributed by atoms with van der Waals surface area (Å²) in [6.07, 6.45) is 1.92. The third-order valence-corrected chi connectivity index (χ3v) is 2.63. The van der Waals surface area contributed by atoms with Crippen LogP contribution in [0, 0.1) is 0 Å². The van der Waals surface area contributed by atoms with Gasteiger partial charge in [-0.05, 0) is 23.3 Å². The van der Waals surface area contributed by atoms with Gasteiger partial charge in [-0.15, -0.1) is 0 Å². The van der Waals surface area contributed by atoms with Crippen LogP contribution in [0.25, 0.3) is 11.6 Å². The van der Waals surface area contributed by atoms with Crippen LogP contribution in [-0.4, -0.2) is 11.7 Å². The highest BCUT2D eigenvalue weighted by molar-refractivity contribution is 5.83. The molecule has 2 nitrogen and oxygen atoms in total. The molecule has 0 fully saturated rings. The molecule has 0 saturated carbocycles. The fourth-order valence-electron chi connectivity index (χ4n) is 1.71. The molecule has 3 N–H and O–H groups in total. The van der Waals surface area contributed by atoms with Crippen LogP contribution in [0.1, 0.15) is 11.1 Å². The molecule has 0 spiro atoms. The molecule has 2 aromatic carbocycles. The van der Waals surface area contributed by atoms with E-state index in [0.29, 0.717) is 6.54 Å². The van der Waals surface area contributed by atoms with Gasteiger partial charge in [0.1, 0.15) is 5.75 Å². The Morgan fingerprint density at radius 2 is 1.65 bits per heavy atom. The first-order valence-electron chi connectivity index (χ1n) is 5.55. The molecule has 86 valence electrons. The van der Waals surface area contributed by atoms with Crippen LogP contribution in [0.4, 0.5) is 0 Å². The quantitative estimate of drug-likeness (QED) is 0.789. The monoisotopic (exact) mass is 225 g/mol. The summed E-state index contributed by atoms with van der Waals surface area (Å²) in [5.74, 6) is 0.273. The lowest BCUT2D eigenvalue weighted by molar-refractivity contribution is 0.474. The van der Waals surface area contributed by atoms with Gasteiger partial charge in [-0.2, -0.15) is 0 Å². The normalized spacial score (nSPS) is 11.5. The van der Waals surface area contributed by atoms with Crippen molar-refractivity contribution >= 4 is 11.6 Å². The van der Waals surface area contributed by atoms with Crippen LogP contribution < -0.4 is 5.73 Å². The summed E-state index contributed by atoms with van der Waals surface area (Å²) in [7, 11) is 0. The fourth-order valence-corrected chi connectivity index (χ4v) is 1.71. The second-order valence-corrected chi connectivity index (χ2v) is 3.80. The highest BCUT2D eigenvalue weighted by Gasteiger charge is 2.01. The summed E-state index contributed by atoms with van der Waals surface area (Å²) in [6, 6.07) is 17.2. The molecule has 0 aliphatic heterocycles. The van der Waals surface area contributed by atoms with E-state index >= 15 is 0 Å². The number of phenols is 1. The summed E-state index contributed by atoms with van der Waals surface area (Å²) in [4.78, 5) is 0. The second kappa shape index (κ2) is 5.32. The highest BCUT2D eigenvalue weighted by atomic mass is 16.3. The van der Waals surface area contributed by atoms with Crippen LogP contribution in [0.2, 0.25) is 0 Å². The number of benzene rings is 2. The number of para-hydroxylation sites is 1. The van der Waals surface area contributed by atoms with Gasteiger partial charge in [0.15, 0.2) is 0 Å². The number of rotatable bonds is 3. The first-order valence-corrected chi connectivity index (χ1v) is 5.55. The van der Waals surface area contributed by atoms with Gasteiger partial charge < -0.3 is 10.8 Å². The molecule has 0 saturated heterocycles. The van der Waals surface area contributed by atoms with Crippen LogP contribution in [0.5, 0.6) is 5.75 Å². The average molecular weight is 225 g/mol. The van der Waals surface area contributed by atoms with Gasteiger partial charge in [0.25, 0.3) is 0 Å². The Morgan fingerprint density at radius 1 is 1.00 bits per heavy atom. The van der Waals surface area contributed by atoms with Crippen molar-refractivity contribution in [1.29, 1.82) is 0 Å². The summed E-state index contributed by atoms with van der Waals surface area (Å²) in [5.41, 5.74) is 8.63. The zero-order chi connectivity index (χ0) is 12.1. The number of phenolic OH excluding ortho intramolecular Hbond substituents is 1. The first-order chi connectivity index (χ1) is 8.31. The molecule has 0 radical (unpaired) electrons. The van der Waals surface area contributed by atoms with Gasteiger partial charge in [-0.3, -0.25) is 0 Å². The molecule has 2 rings (SSSR count). The van der Waals surface area contributed by atoms with Gasteiger partial charge in [-0.25, -0.2) is 0 Å². The van der Waals surface area contributed by atoms with Crippen molar-refractivity contribution in [2.45, 2.75) is 0 Å². The number of nitrogens with two attached hydrogens (primary N) is 1. The lowest BCUT2D eigenvalue weighted by atomic mass is 10.0. The Balaban J connectivity index is 2.40. The zero-order valence-electron chi connectivity index (χ0n) is 9.51. The van der Waals surface area contributed by atoms with E-state index in [9.17, 15) is 5.11 Å². The Kier molecular flexibility index (Phi) is 3.58. The van der Waals surface area contributed by atoms with E-state index in [1.165, 1.54) is 0 Å². The van der Waals surface area contributed by atoms with Crippen molar-refractivity contribution in [2.75, 3.05) is 6.54 Å². The molecule has 0 aliphatic carbocycles. The zero-order valence-corrected chi connectivity index (χ0v) is 9.51. The minimum Gasteiger partial charge on any atom is -0.507 e. The highest BCUT2D eigenvalue weighted by Crippen LogP contribution is 2.22. The molecule has 0 amide bonds. The topological polar surface area (TPSA) is 46.2 Å². The van der Waals surface area contributed by atoms with E-state index in [0.717, 1.165) is 16.7 Å².